The van der Waals surface area contributed by atoms with Crippen molar-refractivity contribution in [1.82, 2.24) is 9.78 Å². The molecule has 2 heterocycles. The standard InChI is InChI=1S/C9H13ClN2O/c10-7-8-4-5-11-12(8)9-3-1-2-6-13-9/h4-5,9H,1-3,6-7H2. The predicted octanol–water partition coefficient (Wildman–Crippen LogP) is 2.32. The summed E-state index contributed by atoms with van der Waals surface area (Å²) in [4.78, 5) is 0. The lowest BCUT2D eigenvalue weighted by atomic mass is 10.2. The van der Waals surface area contributed by atoms with Crippen LogP contribution in [0.2, 0.25) is 0 Å². The number of alkyl halides is 1. The maximum absolute atomic E-state index is 5.78. The van der Waals surface area contributed by atoms with Gasteiger partial charge in [-0.1, -0.05) is 0 Å². The molecule has 0 N–H and O–H groups in total. The van der Waals surface area contributed by atoms with Crippen LogP contribution in [0.3, 0.4) is 0 Å². The van der Waals surface area contributed by atoms with E-state index in [4.69, 9.17) is 16.3 Å². The van der Waals surface area contributed by atoms with Crippen LogP contribution in [0.1, 0.15) is 31.2 Å². The molecule has 0 aromatic carbocycles. The number of rotatable bonds is 2. The fourth-order valence-electron chi connectivity index (χ4n) is 1.62. The van der Waals surface area contributed by atoms with E-state index < -0.39 is 0 Å². The molecule has 13 heavy (non-hydrogen) atoms. The van der Waals surface area contributed by atoms with Gasteiger partial charge in [-0.2, -0.15) is 5.10 Å². The summed E-state index contributed by atoms with van der Waals surface area (Å²) in [6, 6.07) is 1.94. The third-order valence-electron chi connectivity index (χ3n) is 2.32. The number of ether oxygens (including phenoxy) is 1. The van der Waals surface area contributed by atoms with Gasteiger partial charge in [0.15, 0.2) is 6.23 Å². The van der Waals surface area contributed by atoms with Crippen molar-refractivity contribution in [3.8, 4) is 0 Å². The van der Waals surface area contributed by atoms with Gasteiger partial charge in [0, 0.05) is 12.8 Å². The highest BCUT2D eigenvalue weighted by molar-refractivity contribution is 6.16. The molecule has 1 fully saturated rings. The van der Waals surface area contributed by atoms with Crippen LogP contribution < -0.4 is 0 Å². The topological polar surface area (TPSA) is 27.1 Å². The highest BCUT2D eigenvalue weighted by Crippen LogP contribution is 2.23. The highest BCUT2D eigenvalue weighted by Gasteiger charge is 2.17. The average Bonchev–Trinajstić information content (AvgIpc) is 2.67. The van der Waals surface area contributed by atoms with Crippen LogP contribution in [0, 0.1) is 0 Å². The van der Waals surface area contributed by atoms with Crippen molar-refractivity contribution >= 4 is 11.6 Å². The Morgan fingerprint density at radius 3 is 3.23 bits per heavy atom. The molecule has 1 unspecified atom stereocenters. The van der Waals surface area contributed by atoms with E-state index in [0.717, 1.165) is 25.1 Å². The fourth-order valence-corrected chi connectivity index (χ4v) is 1.83. The van der Waals surface area contributed by atoms with Crippen LogP contribution in [-0.4, -0.2) is 16.4 Å². The first-order valence-corrected chi connectivity index (χ1v) is 5.15. The molecule has 0 amide bonds. The molecule has 1 aromatic heterocycles. The Hall–Kier alpha value is -0.540. The normalized spacial score (nSPS) is 23.3. The van der Waals surface area contributed by atoms with Crippen molar-refractivity contribution in [2.24, 2.45) is 0 Å². The summed E-state index contributed by atoms with van der Waals surface area (Å²) in [6.45, 7) is 0.840. The summed E-state index contributed by atoms with van der Waals surface area (Å²) in [6.07, 6.45) is 5.30. The molecule has 1 atom stereocenters. The summed E-state index contributed by atoms with van der Waals surface area (Å²) < 4.78 is 7.50. The molecule has 1 saturated heterocycles. The van der Waals surface area contributed by atoms with Gasteiger partial charge in [0.25, 0.3) is 0 Å². The maximum Gasteiger partial charge on any atom is 0.150 e. The van der Waals surface area contributed by atoms with E-state index in [1.165, 1.54) is 6.42 Å². The smallest absolute Gasteiger partial charge is 0.150 e. The number of aromatic nitrogens is 2. The average molecular weight is 201 g/mol. The zero-order valence-electron chi connectivity index (χ0n) is 7.45. The molecule has 1 aliphatic rings. The van der Waals surface area contributed by atoms with E-state index in [-0.39, 0.29) is 6.23 Å². The van der Waals surface area contributed by atoms with Crippen molar-refractivity contribution in [2.75, 3.05) is 6.61 Å². The summed E-state index contributed by atoms with van der Waals surface area (Å²) in [7, 11) is 0. The Labute approximate surface area is 82.6 Å². The lowest BCUT2D eigenvalue weighted by Crippen LogP contribution is -2.20. The third kappa shape index (κ3) is 1.86. The van der Waals surface area contributed by atoms with E-state index in [1.54, 1.807) is 6.20 Å². The van der Waals surface area contributed by atoms with Crippen molar-refractivity contribution in [2.45, 2.75) is 31.4 Å². The first-order valence-electron chi connectivity index (χ1n) is 4.62. The van der Waals surface area contributed by atoms with E-state index in [9.17, 15) is 0 Å². The summed E-state index contributed by atoms with van der Waals surface area (Å²) >= 11 is 5.78. The van der Waals surface area contributed by atoms with Gasteiger partial charge >= 0.3 is 0 Å². The highest BCUT2D eigenvalue weighted by atomic mass is 35.5. The molecule has 0 saturated carbocycles. The van der Waals surface area contributed by atoms with Crippen LogP contribution in [0.15, 0.2) is 12.3 Å². The van der Waals surface area contributed by atoms with Gasteiger partial charge in [-0.15, -0.1) is 11.6 Å². The molecule has 3 nitrogen and oxygen atoms in total. The second kappa shape index (κ2) is 4.11. The molecular formula is C9H13ClN2O. The predicted molar refractivity (Wildman–Crippen MR) is 50.6 cm³/mol. The summed E-state index contributed by atoms with van der Waals surface area (Å²) in [5.74, 6) is 0.500. The molecular weight excluding hydrogens is 188 g/mol. The Morgan fingerprint density at radius 2 is 2.54 bits per heavy atom. The molecule has 4 heteroatoms. The van der Waals surface area contributed by atoms with Gasteiger partial charge in [0.2, 0.25) is 0 Å². The van der Waals surface area contributed by atoms with Gasteiger partial charge in [0.05, 0.1) is 11.6 Å². The third-order valence-corrected chi connectivity index (χ3v) is 2.59. The van der Waals surface area contributed by atoms with E-state index in [2.05, 4.69) is 5.10 Å². The van der Waals surface area contributed by atoms with Crippen LogP contribution >= 0.6 is 11.6 Å². The number of halogens is 1. The number of hydrogen-bond acceptors (Lipinski definition) is 2. The minimum atomic E-state index is 0.109. The molecule has 0 bridgehead atoms. The van der Waals surface area contributed by atoms with Gasteiger partial charge in [0.1, 0.15) is 0 Å². The zero-order chi connectivity index (χ0) is 9.10. The lowest BCUT2D eigenvalue weighted by Gasteiger charge is -2.24. The first-order chi connectivity index (χ1) is 6.42. The molecule has 0 spiro atoms. The second-order valence-electron chi connectivity index (χ2n) is 3.22. The lowest BCUT2D eigenvalue weighted by molar-refractivity contribution is -0.0407. The van der Waals surface area contributed by atoms with Crippen LogP contribution in [0.4, 0.5) is 0 Å². The summed E-state index contributed by atoms with van der Waals surface area (Å²) in [5, 5.41) is 4.22. The van der Waals surface area contributed by atoms with Crippen molar-refractivity contribution in [1.29, 1.82) is 0 Å². The maximum atomic E-state index is 5.78. The van der Waals surface area contributed by atoms with E-state index in [0.29, 0.717) is 5.88 Å². The van der Waals surface area contributed by atoms with Crippen LogP contribution in [-0.2, 0) is 10.6 Å². The number of hydrogen-bond donors (Lipinski definition) is 0. The fraction of sp³-hybridized carbons (Fsp3) is 0.667. The molecule has 2 rings (SSSR count). The van der Waals surface area contributed by atoms with Gasteiger partial charge in [-0.05, 0) is 25.3 Å². The minimum absolute atomic E-state index is 0.109. The molecule has 0 radical (unpaired) electrons. The molecule has 0 aliphatic carbocycles. The molecule has 1 aliphatic heterocycles. The van der Waals surface area contributed by atoms with Crippen molar-refractivity contribution < 1.29 is 4.74 Å². The van der Waals surface area contributed by atoms with Crippen molar-refractivity contribution in [3.05, 3.63) is 18.0 Å². The van der Waals surface area contributed by atoms with Crippen LogP contribution in [0.25, 0.3) is 0 Å². The van der Waals surface area contributed by atoms with Crippen molar-refractivity contribution in [3.63, 3.8) is 0 Å². The second-order valence-corrected chi connectivity index (χ2v) is 3.49. The van der Waals surface area contributed by atoms with Gasteiger partial charge < -0.3 is 4.74 Å². The largest absolute Gasteiger partial charge is 0.357 e. The monoisotopic (exact) mass is 200 g/mol. The van der Waals surface area contributed by atoms with E-state index >= 15 is 0 Å². The quantitative estimate of drug-likeness (QED) is 0.686. The van der Waals surface area contributed by atoms with Gasteiger partial charge in [-0.3, -0.25) is 0 Å². The van der Waals surface area contributed by atoms with Crippen LogP contribution in [0.5, 0.6) is 0 Å². The van der Waals surface area contributed by atoms with E-state index in [1.807, 2.05) is 10.7 Å². The summed E-state index contributed by atoms with van der Waals surface area (Å²) in [5.41, 5.74) is 1.04. The Balaban J connectivity index is 2.13. The first kappa shape index (κ1) is 9.03. The Morgan fingerprint density at radius 1 is 1.62 bits per heavy atom. The minimum Gasteiger partial charge on any atom is -0.357 e. The number of nitrogens with zero attached hydrogens (tertiary/aromatic N) is 2. The molecule has 72 valence electrons. The molecule has 1 aromatic rings. The van der Waals surface area contributed by atoms with Gasteiger partial charge in [-0.25, -0.2) is 4.68 Å². The zero-order valence-corrected chi connectivity index (χ0v) is 8.20. The Kier molecular flexibility index (Phi) is 2.86. The SMILES string of the molecule is ClCc1ccnn1C1CCCCO1. The Bertz CT molecular complexity index is 268.